The molecule has 56 heavy (non-hydrogen) atoms. The molecular formula is C40H41NO15. The molecule has 1 fully saturated rings. The minimum Gasteiger partial charge on any atom is -0.507 e. The van der Waals surface area contributed by atoms with Gasteiger partial charge in [-0.05, 0) is 36.6 Å². The summed E-state index contributed by atoms with van der Waals surface area (Å²) < 4.78 is 21.8. The molecule has 1 unspecified atom stereocenters. The van der Waals surface area contributed by atoms with Crippen LogP contribution in [0.1, 0.15) is 82.6 Å². The van der Waals surface area contributed by atoms with Gasteiger partial charge in [0.2, 0.25) is 11.6 Å². The highest BCUT2D eigenvalue weighted by Crippen LogP contribution is 2.57. The average molecular weight is 776 g/mol. The molecule has 0 aromatic heterocycles. The number of aryl methyl sites for hydroxylation is 1. The van der Waals surface area contributed by atoms with E-state index in [-0.39, 0.29) is 22.4 Å². The van der Waals surface area contributed by atoms with Crippen molar-refractivity contribution in [3.63, 3.8) is 0 Å². The van der Waals surface area contributed by atoms with Crippen LogP contribution in [0.4, 0.5) is 0 Å². The number of methoxy groups -OCH3 is 3. The Bertz CT molecular complexity index is 2220. The first kappa shape index (κ1) is 39.3. The number of hydrogen-bond donors (Lipinski definition) is 7. The molecule has 16 nitrogen and oxygen atoms in total. The normalized spacial score (nSPS) is 33.0. The van der Waals surface area contributed by atoms with E-state index in [1.54, 1.807) is 25.1 Å². The molecule has 0 spiro atoms. The van der Waals surface area contributed by atoms with Gasteiger partial charge < -0.3 is 54.7 Å². The number of carbonyl (C=O) groups is 4. The van der Waals surface area contributed by atoms with Gasteiger partial charge in [-0.25, -0.2) is 4.79 Å². The molecule has 3 aliphatic carbocycles. The van der Waals surface area contributed by atoms with Crippen LogP contribution < -0.4 is 0 Å². The summed E-state index contributed by atoms with van der Waals surface area (Å²) in [6.07, 6.45) is -7.35. The number of benzene rings is 3. The number of hydrogen-bond acceptors (Lipinski definition) is 16. The number of rotatable bonds is 6. The zero-order chi connectivity index (χ0) is 40.8. The first-order chi connectivity index (χ1) is 26.5. The molecule has 0 bridgehead atoms. The Balaban J connectivity index is 1.51. The van der Waals surface area contributed by atoms with Gasteiger partial charge in [-0.15, -0.1) is 0 Å². The lowest BCUT2D eigenvalue weighted by Gasteiger charge is -2.53. The lowest BCUT2D eigenvalue weighted by Crippen LogP contribution is -2.73. The largest absolute Gasteiger partial charge is 0.507 e. The van der Waals surface area contributed by atoms with Gasteiger partial charge in [0.25, 0.3) is 0 Å². The third-order valence-corrected chi connectivity index (χ3v) is 11.8. The van der Waals surface area contributed by atoms with Crippen molar-refractivity contribution in [2.75, 3.05) is 27.9 Å². The minimum absolute atomic E-state index is 0.00875. The lowest BCUT2D eigenvalue weighted by atomic mass is 9.56. The number of aliphatic hydroxyl groups excluding tert-OH is 3. The Morgan fingerprint density at radius 1 is 0.982 bits per heavy atom. The standard InChI is InChI=1S/C40H41NO15/c1-16-11-18-12-25(44)40(55-5)35(49)27-20(34(48)39(40,52)29(18)32(47)26(16)37(50)54-4)13-22-28(31(27)46)23(43)14-24(38(22,51)19-9-7-6-8-10-19)41-36-21(15-42)30(45)33(53-3)17(2)56-36/h6-11,13,17,21,25,30,33,36,42,44-47,51-52H,12,14-15H2,1-5H3/t17-,21+,25+,30-,33-,36-,38?,39-,40+/m0/s1. The fraction of sp³-hybridized carbons (Fsp3) is 0.425. The van der Waals surface area contributed by atoms with Gasteiger partial charge in [0.15, 0.2) is 28.8 Å². The van der Waals surface area contributed by atoms with E-state index in [1.165, 1.54) is 32.2 Å². The third-order valence-electron chi connectivity index (χ3n) is 11.8. The zero-order valence-electron chi connectivity index (χ0n) is 31.0. The van der Waals surface area contributed by atoms with Crippen LogP contribution in [0.5, 0.6) is 11.5 Å². The Morgan fingerprint density at radius 3 is 2.27 bits per heavy atom. The summed E-state index contributed by atoms with van der Waals surface area (Å²) in [6, 6.07) is 10.0. The Morgan fingerprint density at radius 2 is 1.66 bits per heavy atom. The van der Waals surface area contributed by atoms with E-state index in [0.29, 0.717) is 0 Å². The van der Waals surface area contributed by atoms with E-state index in [1.807, 2.05) is 0 Å². The van der Waals surface area contributed by atoms with E-state index in [0.717, 1.165) is 20.3 Å². The van der Waals surface area contributed by atoms with Gasteiger partial charge in [-0.2, -0.15) is 0 Å². The van der Waals surface area contributed by atoms with Crippen LogP contribution in [0, 0.1) is 12.8 Å². The molecule has 7 rings (SSSR count). The van der Waals surface area contributed by atoms with E-state index in [9.17, 15) is 50.1 Å². The maximum atomic E-state index is 15.0. The zero-order valence-corrected chi connectivity index (χ0v) is 31.0. The number of aliphatic imine (C=N–C) groups is 1. The highest BCUT2D eigenvalue weighted by atomic mass is 16.6. The first-order valence-electron chi connectivity index (χ1n) is 17.8. The SMILES string of the molecule is COC(=O)c1c(C)cc2c(c1O)[C@]1(O)C(=O)c3cc4c(c(O)c3C(=O)[C@]1(OC)[C@H](O)C2)C(=O)CC(=N[C@H]1O[C@@H](C)[C@H](OC)[C@@H](O)[C@H]1CO)C4(O)c1ccccc1. The summed E-state index contributed by atoms with van der Waals surface area (Å²) in [5.74, 6) is -7.68. The van der Waals surface area contributed by atoms with Crippen molar-refractivity contribution in [1.29, 1.82) is 0 Å². The number of aliphatic hydroxyl groups is 5. The summed E-state index contributed by atoms with van der Waals surface area (Å²) in [7, 11) is 3.34. The van der Waals surface area contributed by atoms with Crippen molar-refractivity contribution in [3.8, 4) is 11.5 Å². The number of ketones is 3. The Hall–Kier alpha value is -4.91. The van der Waals surface area contributed by atoms with Gasteiger partial charge in [-0.3, -0.25) is 19.4 Å². The number of esters is 1. The summed E-state index contributed by atoms with van der Waals surface area (Å²) in [6.45, 7) is 2.42. The Kier molecular flexibility index (Phi) is 9.58. The molecule has 7 N–H and O–H groups in total. The van der Waals surface area contributed by atoms with Crippen molar-refractivity contribution in [3.05, 3.63) is 92.5 Å². The van der Waals surface area contributed by atoms with Crippen LogP contribution in [0.15, 0.2) is 47.5 Å². The topological polar surface area (TPSA) is 259 Å². The molecule has 9 atom stereocenters. The number of fused-ring (bicyclic) bond motifs is 5. The average Bonchev–Trinajstić information content (AvgIpc) is 3.16. The second-order valence-electron chi connectivity index (χ2n) is 14.6. The highest BCUT2D eigenvalue weighted by molar-refractivity contribution is 6.28. The van der Waals surface area contributed by atoms with Crippen molar-refractivity contribution in [2.45, 2.75) is 74.1 Å². The summed E-state index contributed by atoms with van der Waals surface area (Å²) in [5.41, 5.74) is -12.3. The molecule has 3 aromatic rings. The second-order valence-corrected chi connectivity index (χ2v) is 14.6. The lowest BCUT2D eigenvalue weighted by molar-refractivity contribution is -0.207. The van der Waals surface area contributed by atoms with Crippen LogP contribution in [0.3, 0.4) is 0 Å². The van der Waals surface area contributed by atoms with E-state index < -0.39 is 141 Å². The van der Waals surface area contributed by atoms with Crippen molar-refractivity contribution in [1.82, 2.24) is 0 Å². The molecule has 296 valence electrons. The van der Waals surface area contributed by atoms with Crippen LogP contribution in [0.25, 0.3) is 0 Å². The second kappa shape index (κ2) is 13.6. The molecule has 1 heterocycles. The maximum Gasteiger partial charge on any atom is 0.341 e. The third kappa shape index (κ3) is 4.97. The number of Topliss-reactive ketones (excluding diaryl/α,β-unsaturated/α-hetero) is 3. The van der Waals surface area contributed by atoms with Gasteiger partial charge >= 0.3 is 5.97 Å². The summed E-state index contributed by atoms with van der Waals surface area (Å²) in [5, 5.41) is 82.2. The monoisotopic (exact) mass is 775 g/mol. The van der Waals surface area contributed by atoms with Crippen LogP contribution in [-0.4, -0.2) is 129 Å². The smallest absolute Gasteiger partial charge is 0.341 e. The predicted octanol–water partition coefficient (Wildman–Crippen LogP) is 0.754. The summed E-state index contributed by atoms with van der Waals surface area (Å²) in [4.78, 5) is 61.4. The molecule has 3 aromatic carbocycles. The predicted molar refractivity (Wildman–Crippen MR) is 192 cm³/mol. The number of aromatic hydroxyl groups is 2. The van der Waals surface area contributed by atoms with Gasteiger partial charge in [0, 0.05) is 37.3 Å². The van der Waals surface area contributed by atoms with Crippen LogP contribution >= 0.6 is 0 Å². The van der Waals surface area contributed by atoms with Crippen molar-refractivity contribution >= 4 is 29.0 Å². The molecule has 1 saturated heterocycles. The van der Waals surface area contributed by atoms with Crippen molar-refractivity contribution < 1.29 is 73.9 Å². The van der Waals surface area contributed by atoms with Gasteiger partial charge in [0.05, 0.1) is 61.2 Å². The number of phenolic OH excluding ortho intramolecular Hbond substituents is 2. The van der Waals surface area contributed by atoms with E-state index >= 15 is 4.79 Å². The minimum atomic E-state index is -3.27. The molecule has 0 radical (unpaired) electrons. The molecule has 16 heteroatoms. The van der Waals surface area contributed by atoms with E-state index in [4.69, 9.17) is 18.9 Å². The van der Waals surface area contributed by atoms with Crippen LogP contribution in [-0.2, 0) is 36.6 Å². The maximum absolute atomic E-state index is 15.0. The molecule has 4 aliphatic rings. The molecule has 0 amide bonds. The Labute approximate surface area is 319 Å². The molecule has 1 aliphatic heterocycles. The van der Waals surface area contributed by atoms with E-state index in [2.05, 4.69) is 4.99 Å². The number of carbonyl (C=O) groups excluding carboxylic acids is 4. The molecule has 0 saturated carbocycles. The number of nitrogens with zero attached hydrogens (tertiary/aromatic N) is 1. The molecular weight excluding hydrogens is 734 g/mol. The fourth-order valence-corrected chi connectivity index (χ4v) is 9.13. The van der Waals surface area contributed by atoms with Gasteiger partial charge in [-0.1, -0.05) is 36.4 Å². The quantitative estimate of drug-likeness (QED) is 0.171. The number of phenols is 2. The van der Waals surface area contributed by atoms with Gasteiger partial charge in [0.1, 0.15) is 23.2 Å². The first-order valence-corrected chi connectivity index (χ1v) is 17.8. The highest BCUT2D eigenvalue weighted by Gasteiger charge is 2.73. The summed E-state index contributed by atoms with van der Waals surface area (Å²) >= 11 is 0. The van der Waals surface area contributed by atoms with Crippen LogP contribution in [0.2, 0.25) is 0 Å². The fourth-order valence-electron chi connectivity index (χ4n) is 9.13. The van der Waals surface area contributed by atoms with Crippen molar-refractivity contribution in [2.24, 2.45) is 10.9 Å². The number of ether oxygens (including phenoxy) is 4.